The van der Waals surface area contributed by atoms with Crippen molar-refractivity contribution in [1.29, 1.82) is 0 Å². The number of carboxylic acids is 1. The Morgan fingerprint density at radius 3 is 2.15 bits per heavy atom. The van der Waals surface area contributed by atoms with Crippen molar-refractivity contribution in [1.82, 2.24) is 0 Å². The zero-order chi connectivity index (χ0) is 20.5. The highest BCUT2D eigenvalue weighted by molar-refractivity contribution is 7.80. The van der Waals surface area contributed by atoms with E-state index >= 15 is 0 Å². The molecule has 152 valence electrons. The Bertz CT molecular complexity index is 783. The Hall–Kier alpha value is -2.20. The van der Waals surface area contributed by atoms with Gasteiger partial charge in [0, 0.05) is 0 Å². The molecule has 0 amide bonds. The topological polar surface area (TPSA) is 223 Å². The molecule has 1 aromatic carbocycles. The van der Waals surface area contributed by atoms with E-state index in [1.54, 1.807) is 0 Å². The van der Waals surface area contributed by atoms with Gasteiger partial charge in [0.1, 0.15) is 24.4 Å². The second kappa shape index (κ2) is 7.81. The average molecular weight is 411 g/mol. The van der Waals surface area contributed by atoms with Gasteiger partial charge in [0.05, 0.1) is 12.2 Å². The number of benzene rings is 1. The fourth-order valence-electron chi connectivity index (χ4n) is 2.26. The Morgan fingerprint density at radius 2 is 1.67 bits per heavy atom. The van der Waals surface area contributed by atoms with E-state index < -0.39 is 76.5 Å². The summed E-state index contributed by atoms with van der Waals surface area (Å²) in [6, 6.07) is 1.45. The minimum atomic E-state index is -5.14. The third kappa shape index (κ3) is 4.95. The van der Waals surface area contributed by atoms with E-state index in [1.165, 1.54) is 0 Å². The molecule has 1 aliphatic rings. The molecule has 5 unspecified atom stereocenters. The van der Waals surface area contributed by atoms with Crippen molar-refractivity contribution in [3.05, 3.63) is 17.7 Å². The molecule has 2 rings (SSSR count). The number of aromatic hydroxyl groups is 2. The molecule has 13 nitrogen and oxygen atoms in total. The highest BCUT2D eigenvalue weighted by Crippen LogP contribution is 2.39. The molecular weight excluding hydrogens is 396 g/mol. The Morgan fingerprint density at radius 1 is 1.11 bits per heavy atom. The van der Waals surface area contributed by atoms with Crippen LogP contribution in [0.5, 0.6) is 17.2 Å². The zero-order valence-corrected chi connectivity index (χ0v) is 14.0. The van der Waals surface area contributed by atoms with Crippen LogP contribution in [0.1, 0.15) is 10.4 Å². The molecule has 14 heteroatoms. The van der Waals surface area contributed by atoms with E-state index in [2.05, 4.69) is 4.18 Å². The molecule has 0 saturated carbocycles. The number of rotatable bonds is 6. The van der Waals surface area contributed by atoms with E-state index in [0.29, 0.717) is 0 Å². The van der Waals surface area contributed by atoms with Crippen molar-refractivity contribution >= 4 is 16.4 Å². The van der Waals surface area contributed by atoms with Crippen LogP contribution in [-0.4, -0.2) is 86.9 Å². The predicted molar refractivity (Wildman–Crippen MR) is 79.7 cm³/mol. The SMILES string of the molecule is O=C(O)c1cc(O)c(OC2OC(COS(=O)(=O)[O-])C(O)C(O)C2O)c(O)c1. The molecule has 0 aromatic heterocycles. The lowest BCUT2D eigenvalue weighted by molar-refractivity contribution is -0.276. The lowest BCUT2D eigenvalue weighted by Gasteiger charge is -2.40. The maximum absolute atomic E-state index is 10.9. The number of aliphatic hydroxyl groups is 3. The van der Waals surface area contributed by atoms with Crippen LogP contribution in [-0.2, 0) is 19.3 Å². The quantitative estimate of drug-likeness (QED) is 0.210. The number of hydrogen-bond donors (Lipinski definition) is 6. The van der Waals surface area contributed by atoms with Crippen LogP contribution in [0.3, 0.4) is 0 Å². The second-order valence-electron chi connectivity index (χ2n) is 5.47. The van der Waals surface area contributed by atoms with E-state index in [0.717, 1.165) is 12.1 Å². The van der Waals surface area contributed by atoms with E-state index in [1.807, 2.05) is 0 Å². The highest BCUT2D eigenvalue weighted by atomic mass is 32.3. The molecule has 1 aliphatic heterocycles. The fourth-order valence-corrected chi connectivity index (χ4v) is 2.56. The first-order valence-electron chi connectivity index (χ1n) is 7.16. The first kappa shape index (κ1) is 21.1. The molecule has 0 bridgehead atoms. The van der Waals surface area contributed by atoms with Crippen LogP contribution in [0.2, 0.25) is 0 Å². The number of phenols is 2. The fraction of sp³-hybridized carbons (Fsp3) is 0.462. The monoisotopic (exact) mass is 411 g/mol. The van der Waals surface area contributed by atoms with Crippen LogP contribution in [0.25, 0.3) is 0 Å². The number of aliphatic hydroxyl groups excluding tert-OH is 3. The minimum Gasteiger partial charge on any atom is -0.726 e. The molecule has 1 saturated heterocycles. The summed E-state index contributed by atoms with van der Waals surface area (Å²) in [6.07, 6.45) is -9.23. The molecule has 1 aromatic rings. The van der Waals surface area contributed by atoms with Gasteiger partial charge in [-0.2, -0.15) is 0 Å². The molecule has 1 heterocycles. The predicted octanol–water partition coefficient (Wildman–Crippen LogP) is -2.54. The number of carboxylic acid groups (broad SMARTS) is 1. The number of aromatic carboxylic acids is 1. The van der Waals surface area contributed by atoms with Gasteiger partial charge in [0.2, 0.25) is 22.4 Å². The van der Waals surface area contributed by atoms with Gasteiger partial charge in [-0.3, -0.25) is 4.18 Å². The van der Waals surface area contributed by atoms with Crippen LogP contribution in [0, 0.1) is 0 Å². The summed E-state index contributed by atoms with van der Waals surface area (Å²) in [7, 11) is -5.14. The Labute approximate surface area is 151 Å². The van der Waals surface area contributed by atoms with Gasteiger partial charge in [-0.05, 0) is 12.1 Å². The van der Waals surface area contributed by atoms with E-state index in [4.69, 9.17) is 14.6 Å². The maximum atomic E-state index is 10.9. The normalized spacial score (nSPS) is 28.7. The third-order valence-corrected chi connectivity index (χ3v) is 4.00. The summed E-state index contributed by atoms with van der Waals surface area (Å²) in [5.41, 5.74) is -0.482. The van der Waals surface area contributed by atoms with E-state index in [-0.39, 0.29) is 0 Å². The van der Waals surface area contributed by atoms with Gasteiger partial charge < -0.3 is 44.7 Å². The van der Waals surface area contributed by atoms with Gasteiger partial charge in [0.15, 0.2) is 11.5 Å². The van der Waals surface area contributed by atoms with E-state index in [9.17, 15) is 43.3 Å². The molecule has 0 radical (unpaired) electrons. The lowest BCUT2D eigenvalue weighted by Crippen LogP contribution is -2.60. The number of carbonyl (C=O) groups is 1. The number of phenolic OH excluding ortho intramolecular Hbond substituents is 2. The summed E-state index contributed by atoms with van der Waals surface area (Å²) < 4.78 is 45.5. The van der Waals surface area contributed by atoms with Crippen molar-refractivity contribution in [3.63, 3.8) is 0 Å². The van der Waals surface area contributed by atoms with Crippen LogP contribution in [0.15, 0.2) is 12.1 Å². The average Bonchev–Trinajstić information content (AvgIpc) is 2.55. The maximum Gasteiger partial charge on any atom is 0.335 e. The van der Waals surface area contributed by atoms with Crippen LogP contribution in [0.4, 0.5) is 0 Å². The highest BCUT2D eigenvalue weighted by Gasteiger charge is 2.45. The molecule has 1 fully saturated rings. The number of hydrogen-bond acceptors (Lipinski definition) is 12. The smallest absolute Gasteiger partial charge is 0.335 e. The third-order valence-electron chi connectivity index (χ3n) is 3.58. The molecule has 0 aliphatic carbocycles. The van der Waals surface area contributed by atoms with Crippen molar-refractivity contribution < 1.29 is 62.1 Å². The first-order valence-corrected chi connectivity index (χ1v) is 8.50. The molecule has 5 atom stereocenters. The van der Waals surface area contributed by atoms with Gasteiger partial charge in [-0.1, -0.05) is 0 Å². The molecular formula is C13H15O13S-. The second-order valence-corrected chi connectivity index (χ2v) is 6.53. The van der Waals surface area contributed by atoms with Crippen molar-refractivity contribution in [3.8, 4) is 17.2 Å². The van der Waals surface area contributed by atoms with Crippen LogP contribution < -0.4 is 4.74 Å². The summed E-state index contributed by atoms with van der Waals surface area (Å²) >= 11 is 0. The number of ether oxygens (including phenoxy) is 2. The summed E-state index contributed by atoms with van der Waals surface area (Å²) in [5, 5.41) is 57.9. The lowest BCUT2D eigenvalue weighted by atomic mass is 9.99. The van der Waals surface area contributed by atoms with Crippen molar-refractivity contribution in [2.24, 2.45) is 0 Å². The summed E-state index contributed by atoms with van der Waals surface area (Å²) in [4.78, 5) is 10.9. The van der Waals surface area contributed by atoms with Gasteiger partial charge in [0.25, 0.3) is 0 Å². The van der Waals surface area contributed by atoms with Gasteiger partial charge >= 0.3 is 5.97 Å². The van der Waals surface area contributed by atoms with Gasteiger partial charge in [-0.15, -0.1) is 0 Å². The first-order chi connectivity index (χ1) is 12.4. The Balaban J connectivity index is 2.23. The van der Waals surface area contributed by atoms with Crippen molar-refractivity contribution in [2.75, 3.05) is 6.61 Å². The van der Waals surface area contributed by atoms with Gasteiger partial charge in [-0.25, -0.2) is 13.2 Å². The van der Waals surface area contributed by atoms with Crippen molar-refractivity contribution in [2.45, 2.75) is 30.7 Å². The summed E-state index contributed by atoms with van der Waals surface area (Å²) in [6.45, 7) is -1.02. The van der Waals surface area contributed by atoms with Crippen LogP contribution >= 0.6 is 0 Å². The summed E-state index contributed by atoms with van der Waals surface area (Å²) in [5.74, 6) is -3.88. The largest absolute Gasteiger partial charge is 0.726 e. The molecule has 6 N–H and O–H groups in total. The molecule has 0 spiro atoms. The standard InChI is InChI=1S/C13H16O13S/c14-5-1-4(12(19)20)2-6(15)11(5)26-13-10(18)9(17)8(16)7(25-13)3-24-27(21,22)23/h1-2,7-10,13-18H,3H2,(H,19,20)(H,21,22,23)/p-1. The molecule has 27 heavy (non-hydrogen) atoms. The Kier molecular flexibility index (Phi) is 6.10. The zero-order valence-electron chi connectivity index (χ0n) is 13.2. The minimum absolute atomic E-state index is 0.482.